The summed E-state index contributed by atoms with van der Waals surface area (Å²) in [6, 6.07) is 21.4. The van der Waals surface area contributed by atoms with Crippen LogP contribution in [0, 0.1) is 0 Å². The largest absolute Gasteiger partial charge is 0.494 e. The molecule has 1 aliphatic heterocycles. The number of hydrogen-bond acceptors (Lipinski definition) is 7. The smallest absolute Gasteiger partial charge is 0.270 e. The number of thioether (sulfide) groups is 1. The van der Waals surface area contributed by atoms with E-state index in [1.807, 2.05) is 42.5 Å². The summed E-state index contributed by atoms with van der Waals surface area (Å²) in [5.74, 6) is 1.19. The van der Waals surface area contributed by atoms with E-state index in [9.17, 15) is 9.59 Å². The molecule has 2 N–H and O–H groups in total. The predicted octanol–water partition coefficient (Wildman–Crippen LogP) is 6.52. The van der Waals surface area contributed by atoms with Crippen molar-refractivity contribution in [3.63, 3.8) is 0 Å². The molecule has 3 aromatic rings. The molecule has 0 aliphatic carbocycles. The Hall–Kier alpha value is -3.37. The van der Waals surface area contributed by atoms with E-state index in [2.05, 4.69) is 18.7 Å². The Kier molecular flexibility index (Phi) is 11.6. The van der Waals surface area contributed by atoms with E-state index in [0.717, 1.165) is 37.4 Å². The van der Waals surface area contributed by atoms with Crippen molar-refractivity contribution in [2.45, 2.75) is 20.3 Å². The number of anilines is 1. The molecule has 1 fully saturated rings. The molecule has 1 aliphatic rings. The summed E-state index contributed by atoms with van der Waals surface area (Å²) in [5, 5.41) is 0. The van der Waals surface area contributed by atoms with Gasteiger partial charge in [-0.2, -0.15) is 0 Å². The summed E-state index contributed by atoms with van der Waals surface area (Å²) < 4.78 is 12.2. The van der Waals surface area contributed by atoms with Gasteiger partial charge in [-0.1, -0.05) is 56.0 Å². The van der Waals surface area contributed by atoms with Crippen LogP contribution in [0.2, 0.25) is 0 Å². The third-order valence-electron chi connectivity index (χ3n) is 6.20. The van der Waals surface area contributed by atoms with Crippen molar-refractivity contribution in [2.24, 2.45) is 5.73 Å². The van der Waals surface area contributed by atoms with Crippen LogP contribution < -0.4 is 20.1 Å². The molecular weight excluding hydrogens is 566 g/mol. The van der Waals surface area contributed by atoms with Gasteiger partial charge in [0.05, 0.1) is 17.2 Å². The molecule has 0 atom stereocenters. The maximum atomic E-state index is 13.2. The van der Waals surface area contributed by atoms with Crippen LogP contribution in [-0.4, -0.2) is 47.3 Å². The molecule has 1 heterocycles. The molecule has 210 valence electrons. The van der Waals surface area contributed by atoms with Crippen molar-refractivity contribution in [1.29, 1.82) is 0 Å². The summed E-state index contributed by atoms with van der Waals surface area (Å²) >= 11 is 6.79. The molecule has 0 unspecified atom stereocenters. The molecule has 40 heavy (non-hydrogen) atoms. The number of nitrogens with two attached hydrogens (primary N) is 1. The first-order chi connectivity index (χ1) is 18.9. The van der Waals surface area contributed by atoms with E-state index in [0.29, 0.717) is 38.6 Å². The van der Waals surface area contributed by atoms with Gasteiger partial charge in [0, 0.05) is 12.1 Å². The number of carbonyl (C=O) groups is 2. The molecule has 1 saturated heterocycles. The van der Waals surface area contributed by atoms with Crippen molar-refractivity contribution >= 4 is 64.3 Å². The molecule has 0 spiro atoms. The topological polar surface area (TPSA) is 85.1 Å². The quantitative estimate of drug-likeness (QED) is 0.145. The monoisotopic (exact) mass is 597 g/mol. The van der Waals surface area contributed by atoms with Crippen molar-refractivity contribution in [1.82, 2.24) is 4.90 Å². The van der Waals surface area contributed by atoms with Gasteiger partial charge in [-0.15, -0.1) is 12.4 Å². The van der Waals surface area contributed by atoms with Gasteiger partial charge in [-0.05, 0) is 85.7 Å². The minimum absolute atomic E-state index is 0. The lowest BCUT2D eigenvalue weighted by atomic mass is 10.2. The number of ether oxygens (including phenoxy) is 2. The average molecular weight is 598 g/mol. The van der Waals surface area contributed by atoms with E-state index in [-0.39, 0.29) is 18.3 Å². The second kappa shape index (κ2) is 14.9. The van der Waals surface area contributed by atoms with Crippen molar-refractivity contribution < 1.29 is 19.1 Å². The van der Waals surface area contributed by atoms with Crippen LogP contribution >= 0.6 is 36.4 Å². The molecule has 0 radical (unpaired) electrons. The van der Waals surface area contributed by atoms with Crippen LogP contribution in [0.4, 0.5) is 5.69 Å². The maximum absolute atomic E-state index is 13.2. The van der Waals surface area contributed by atoms with E-state index >= 15 is 0 Å². The minimum atomic E-state index is -0.515. The minimum Gasteiger partial charge on any atom is -0.494 e. The number of nitrogens with zero attached hydrogens (tertiary/aromatic N) is 2. The van der Waals surface area contributed by atoms with Gasteiger partial charge in [0.15, 0.2) is 4.32 Å². The fraction of sp³-hybridized carbons (Fsp3) is 0.233. The standard InChI is InChI=1S/C30H31N3O4S2.ClH/c1-3-32(4-2)17-6-18-36-24-15-11-23(12-16-24)33-29(35)27(39-30(33)38)19-21-9-13-25(14-10-21)37-26-8-5-7-22(20-26)28(31)34;/h5,7-16,19-20H,3-4,6,17-18H2,1-2H3,(H2,31,34);1H. The Balaban J connectivity index is 0.00000441. The average Bonchev–Trinajstić information content (AvgIpc) is 3.22. The van der Waals surface area contributed by atoms with E-state index in [1.54, 1.807) is 41.3 Å². The second-order valence-corrected chi connectivity index (χ2v) is 10.5. The zero-order valence-corrected chi connectivity index (χ0v) is 24.8. The highest BCUT2D eigenvalue weighted by atomic mass is 35.5. The number of amides is 2. The Morgan fingerprint density at radius 2 is 1.68 bits per heavy atom. The highest BCUT2D eigenvalue weighted by Gasteiger charge is 2.33. The lowest BCUT2D eigenvalue weighted by Gasteiger charge is -2.18. The molecule has 0 aromatic heterocycles. The third kappa shape index (κ3) is 8.08. The number of benzene rings is 3. The van der Waals surface area contributed by atoms with E-state index < -0.39 is 5.91 Å². The van der Waals surface area contributed by atoms with Gasteiger partial charge in [0.25, 0.3) is 5.91 Å². The summed E-state index contributed by atoms with van der Waals surface area (Å²) in [6.07, 6.45) is 2.77. The van der Waals surface area contributed by atoms with Crippen molar-refractivity contribution in [3.05, 3.63) is 88.8 Å². The van der Waals surface area contributed by atoms with Gasteiger partial charge in [-0.3, -0.25) is 14.5 Å². The molecular formula is C30H32ClN3O4S2. The fourth-order valence-corrected chi connectivity index (χ4v) is 5.33. The van der Waals surface area contributed by atoms with Crippen LogP contribution in [0.15, 0.2) is 77.7 Å². The summed E-state index contributed by atoms with van der Waals surface area (Å²) in [5.41, 5.74) is 7.25. The lowest BCUT2D eigenvalue weighted by Crippen LogP contribution is -2.27. The Bertz CT molecular complexity index is 1360. The van der Waals surface area contributed by atoms with Gasteiger partial charge in [0.2, 0.25) is 5.91 Å². The fourth-order valence-electron chi connectivity index (χ4n) is 4.03. The number of rotatable bonds is 12. The molecule has 4 rings (SSSR count). The Morgan fingerprint density at radius 3 is 2.33 bits per heavy atom. The second-order valence-electron chi connectivity index (χ2n) is 8.80. The predicted molar refractivity (Wildman–Crippen MR) is 169 cm³/mol. The number of thiocarbonyl (C=S) groups is 1. The van der Waals surface area contributed by atoms with Gasteiger partial charge in [-0.25, -0.2) is 0 Å². The summed E-state index contributed by atoms with van der Waals surface area (Å²) in [7, 11) is 0. The van der Waals surface area contributed by atoms with E-state index in [4.69, 9.17) is 27.4 Å². The van der Waals surface area contributed by atoms with Crippen LogP contribution in [0.3, 0.4) is 0 Å². The molecule has 3 aromatic carbocycles. The molecule has 2 amide bonds. The zero-order chi connectivity index (χ0) is 27.8. The van der Waals surface area contributed by atoms with Crippen LogP contribution in [0.5, 0.6) is 17.2 Å². The first kappa shape index (κ1) is 31.2. The molecule has 0 bridgehead atoms. The van der Waals surface area contributed by atoms with Crippen LogP contribution in [-0.2, 0) is 4.79 Å². The van der Waals surface area contributed by atoms with Gasteiger partial charge >= 0.3 is 0 Å². The molecule has 7 nitrogen and oxygen atoms in total. The van der Waals surface area contributed by atoms with E-state index in [1.165, 1.54) is 11.8 Å². The maximum Gasteiger partial charge on any atom is 0.270 e. The number of halogens is 1. The van der Waals surface area contributed by atoms with Crippen LogP contribution in [0.1, 0.15) is 36.2 Å². The van der Waals surface area contributed by atoms with Crippen LogP contribution in [0.25, 0.3) is 6.08 Å². The first-order valence-electron chi connectivity index (χ1n) is 12.8. The summed E-state index contributed by atoms with van der Waals surface area (Å²) in [4.78, 5) is 29.0. The lowest BCUT2D eigenvalue weighted by molar-refractivity contribution is -0.113. The number of hydrogen-bond donors (Lipinski definition) is 1. The SMILES string of the molecule is CCN(CC)CCCOc1ccc(N2C(=O)C(=Cc3ccc(Oc4cccc(C(N)=O)c4)cc3)SC2=S)cc1.Cl. The highest BCUT2D eigenvalue weighted by Crippen LogP contribution is 2.36. The summed E-state index contributed by atoms with van der Waals surface area (Å²) in [6.45, 7) is 8.05. The van der Waals surface area contributed by atoms with Crippen molar-refractivity contribution in [2.75, 3.05) is 31.1 Å². The molecule has 0 saturated carbocycles. The zero-order valence-electron chi connectivity index (χ0n) is 22.4. The highest BCUT2D eigenvalue weighted by molar-refractivity contribution is 8.27. The third-order valence-corrected chi connectivity index (χ3v) is 7.50. The first-order valence-corrected chi connectivity index (χ1v) is 14.0. The van der Waals surface area contributed by atoms with Crippen molar-refractivity contribution in [3.8, 4) is 17.2 Å². The number of carbonyl (C=O) groups excluding carboxylic acids is 2. The Labute approximate surface area is 250 Å². The number of primary amides is 1. The van der Waals surface area contributed by atoms with Gasteiger partial charge < -0.3 is 20.1 Å². The Morgan fingerprint density at radius 1 is 1.00 bits per heavy atom. The van der Waals surface area contributed by atoms with Gasteiger partial charge in [0.1, 0.15) is 17.2 Å². The molecule has 10 heteroatoms. The normalized spacial score (nSPS) is 14.0.